The summed E-state index contributed by atoms with van der Waals surface area (Å²) in [5.74, 6) is 0.503. The summed E-state index contributed by atoms with van der Waals surface area (Å²) in [6, 6.07) is 32.0. The van der Waals surface area contributed by atoms with Gasteiger partial charge in [-0.25, -0.2) is 0 Å². The van der Waals surface area contributed by atoms with Gasteiger partial charge in [0.05, 0.1) is 0 Å². The first-order valence-corrected chi connectivity index (χ1v) is 13.3. The fourth-order valence-electron chi connectivity index (χ4n) is 5.22. The van der Waals surface area contributed by atoms with Crippen molar-refractivity contribution in [3.05, 3.63) is 113 Å². The van der Waals surface area contributed by atoms with Crippen LogP contribution in [0.1, 0.15) is 47.6 Å². The molecular formula is C30H33Cl3SiTi. The van der Waals surface area contributed by atoms with Gasteiger partial charge >= 0.3 is 21.7 Å². The van der Waals surface area contributed by atoms with Crippen LogP contribution in [0.3, 0.4) is 0 Å². The Hall–Kier alpha value is -1.19. The molecule has 0 saturated carbocycles. The summed E-state index contributed by atoms with van der Waals surface area (Å²) in [7, 11) is -2.48. The largest absolute Gasteiger partial charge is 4.00 e. The van der Waals surface area contributed by atoms with Crippen molar-refractivity contribution in [1.82, 2.24) is 0 Å². The Balaban J connectivity index is 0.00000289. The van der Waals surface area contributed by atoms with E-state index < -0.39 is 8.07 Å². The molecule has 182 valence electrons. The third-order valence-electron chi connectivity index (χ3n) is 7.21. The van der Waals surface area contributed by atoms with Gasteiger partial charge in [-0.3, -0.25) is 0 Å². The van der Waals surface area contributed by atoms with Crippen molar-refractivity contribution in [2.45, 2.75) is 47.5 Å². The molecule has 0 heterocycles. The Bertz CT molecular complexity index is 1140. The van der Waals surface area contributed by atoms with Gasteiger partial charge in [0.15, 0.2) is 0 Å². The number of rotatable bonds is 5. The molecule has 0 saturated heterocycles. The molecular weight excluding hydrogens is 543 g/mol. The molecule has 0 atom stereocenters. The van der Waals surface area contributed by atoms with Crippen LogP contribution in [0, 0.1) is 27.7 Å². The summed E-state index contributed by atoms with van der Waals surface area (Å²) in [5.41, 5.74) is 7.22. The fraction of sp³-hybridized carbons (Fsp3) is 0.233. The Labute approximate surface area is 246 Å². The van der Waals surface area contributed by atoms with Crippen LogP contribution in [0.4, 0.5) is 0 Å². The maximum absolute atomic E-state index is 2.49. The zero-order valence-electron chi connectivity index (χ0n) is 21.3. The molecule has 0 radical (unpaired) electrons. The van der Waals surface area contributed by atoms with Crippen LogP contribution < -0.4 is 58.0 Å². The van der Waals surface area contributed by atoms with Crippen LogP contribution in [0.15, 0.2) is 84.9 Å². The molecule has 5 heteroatoms. The normalized spacial score (nSPS) is 10.5. The van der Waals surface area contributed by atoms with Crippen LogP contribution in [0.5, 0.6) is 0 Å². The van der Waals surface area contributed by atoms with Gasteiger partial charge in [-0.2, -0.15) is 22.3 Å². The van der Waals surface area contributed by atoms with E-state index in [1.165, 1.54) is 43.4 Å². The average Bonchev–Trinajstić information content (AvgIpc) is 2.99. The first-order valence-electron chi connectivity index (χ1n) is 11.3. The van der Waals surface area contributed by atoms with Crippen molar-refractivity contribution < 1.29 is 58.9 Å². The van der Waals surface area contributed by atoms with E-state index in [9.17, 15) is 0 Å². The molecule has 0 nitrogen and oxygen atoms in total. The summed E-state index contributed by atoms with van der Waals surface area (Å²) in [6.45, 7) is 13.8. The van der Waals surface area contributed by atoms with Gasteiger partial charge in [-0.15, -0.1) is 5.19 Å². The second kappa shape index (κ2) is 13.9. The summed E-state index contributed by atoms with van der Waals surface area (Å²) in [6.07, 6.45) is 0. The Kier molecular flexibility index (Phi) is 13.5. The van der Waals surface area contributed by atoms with E-state index >= 15 is 0 Å². The second-order valence-electron chi connectivity index (χ2n) is 9.14. The van der Waals surface area contributed by atoms with Gasteiger partial charge in [0.25, 0.3) is 0 Å². The van der Waals surface area contributed by atoms with Crippen molar-refractivity contribution in [2.75, 3.05) is 0 Å². The third-order valence-corrected chi connectivity index (χ3v) is 12.3. The molecule has 4 rings (SSSR count). The van der Waals surface area contributed by atoms with Gasteiger partial charge in [-0.1, -0.05) is 142 Å². The third kappa shape index (κ3) is 5.88. The standard InChI is InChI=1S/C30H33Si.3ClH.Ti/c1-21(2)26-14-13-19-29(20-26)31(27-15-9-7-10-16-27,28-17-11-8-12-18-28)30-24(5)22(3)23(4)25(30)6;;;;/h7-21H,1-6H3;3*1H;/q-1;;;;+4/p-3. The first kappa shape index (κ1) is 33.8. The molecule has 0 bridgehead atoms. The smallest absolute Gasteiger partial charge is 1.00 e. The SMILES string of the molecule is Cc1c(C)c(C)[c-]([Si](c2ccccc2)(c2ccccc2)c2cccc(C(C)C)c2)c1C.[Cl-].[Cl-].[Cl-].[Ti+4]. The number of hydrogen-bond acceptors (Lipinski definition) is 0. The zero-order chi connectivity index (χ0) is 22.2. The molecule has 0 aromatic heterocycles. The average molecular weight is 576 g/mol. The number of benzene rings is 3. The molecule has 35 heavy (non-hydrogen) atoms. The molecule has 0 spiro atoms. The molecule has 0 aliphatic rings. The number of hydrogen-bond donors (Lipinski definition) is 0. The molecule has 4 aromatic carbocycles. The zero-order valence-corrected chi connectivity index (χ0v) is 26.1. The van der Waals surface area contributed by atoms with Gasteiger partial charge in [0.2, 0.25) is 0 Å². The van der Waals surface area contributed by atoms with Crippen LogP contribution in [0.2, 0.25) is 0 Å². The van der Waals surface area contributed by atoms with E-state index in [1.807, 2.05) is 0 Å². The molecule has 0 fully saturated rings. The first-order chi connectivity index (χ1) is 14.9. The maximum atomic E-state index is 2.49. The maximum Gasteiger partial charge on any atom is 4.00 e. The molecule has 0 unspecified atom stereocenters. The number of halogens is 3. The Morgan fingerprint density at radius 3 is 1.37 bits per heavy atom. The van der Waals surface area contributed by atoms with E-state index in [0.717, 1.165) is 0 Å². The van der Waals surface area contributed by atoms with Crippen LogP contribution in [-0.2, 0) is 21.7 Å². The van der Waals surface area contributed by atoms with Crippen molar-refractivity contribution in [3.8, 4) is 0 Å². The van der Waals surface area contributed by atoms with Gasteiger partial charge in [0.1, 0.15) is 8.07 Å². The monoisotopic (exact) mass is 574 g/mol. The van der Waals surface area contributed by atoms with E-state index in [0.29, 0.717) is 5.92 Å². The molecule has 0 aliphatic carbocycles. The van der Waals surface area contributed by atoms with E-state index in [-0.39, 0.29) is 58.9 Å². The predicted octanol–water partition coefficient (Wildman–Crippen LogP) is -3.85. The van der Waals surface area contributed by atoms with E-state index in [1.54, 1.807) is 5.19 Å². The minimum atomic E-state index is -2.48. The summed E-state index contributed by atoms with van der Waals surface area (Å²) in [5, 5.41) is 5.96. The van der Waals surface area contributed by atoms with Crippen LogP contribution in [-0.4, -0.2) is 8.07 Å². The van der Waals surface area contributed by atoms with Crippen molar-refractivity contribution in [3.63, 3.8) is 0 Å². The molecule has 0 amide bonds. The molecule has 4 aromatic rings. The second-order valence-corrected chi connectivity index (χ2v) is 12.9. The van der Waals surface area contributed by atoms with E-state index in [2.05, 4.69) is 126 Å². The minimum absolute atomic E-state index is 0. The Morgan fingerprint density at radius 2 is 0.971 bits per heavy atom. The van der Waals surface area contributed by atoms with E-state index in [4.69, 9.17) is 0 Å². The fourth-order valence-corrected chi connectivity index (χ4v) is 10.7. The summed E-state index contributed by atoms with van der Waals surface area (Å²) >= 11 is 0. The van der Waals surface area contributed by atoms with Crippen LogP contribution in [0.25, 0.3) is 0 Å². The van der Waals surface area contributed by atoms with Gasteiger partial charge in [0, 0.05) is 0 Å². The van der Waals surface area contributed by atoms with Crippen molar-refractivity contribution in [1.29, 1.82) is 0 Å². The molecule has 0 N–H and O–H groups in total. The van der Waals surface area contributed by atoms with Gasteiger partial charge < -0.3 is 37.2 Å². The topological polar surface area (TPSA) is 0 Å². The van der Waals surface area contributed by atoms with Crippen molar-refractivity contribution in [2.24, 2.45) is 0 Å². The summed E-state index contributed by atoms with van der Waals surface area (Å²) < 4.78 is 0. The van der Waals surface area contributed by atoms with Crippen molar-refractivity contribution >= 4 is 28.8 Å². The van der Waals surface area contributed by atoms with Gasteiger partial charge in [-0.05, 0) is 11.5 Å². The quantitative estimate of drug-likeness (QED) is 0.130. The van der Waals surface area contributed by atoms with Crippen LogP contribution >= 0.6 is 0 Å². The molecule has 0 aliphatic heterocycles. The predicted molar refractivity (Wildman–Crippen MR) is 139 cm³/mol. The minimum Gasteiger partial charge on any atom is -1.00 e. The Morgan fingerprint density at radius 1 is 0.571 bits per heavy atom. The summed E-state index contributed by atoms with van der Waals surface area (Å²) in [4.78, 5) is 0.